The lowest BCUT2D eigenvalue weighted by molar-refractivity contribution is -0.142. The third-order valence-electron chi connectivity index (χ3n) is 2.76. The van der Waals surface area contributed by atoms with Crippen molar-refractivity contribution in [2.45, 2.75) is 18.9 Å². The predicted octanol–water partition coefficient (Wildman–Crippen LogP) is 0.213. The lowest BCUT2D eigenvalue weighted by atomic mass is 9.95. The van der Waals surface area contributed by atoms with Crippen LogP contribution in [0.2, 0.25) is 0 Å². The predicted molar refractivity (Wildman–Crippen MR) is 55.6 cm³/mol. The zero-order valence-electron chi connectivity index (χ0n) is 8.59. The molecule has 0 saturated carbocycles. The fraction of sp³-hybridized carbons (Fsp3) is 0.364. The molecule has 16 heavy (non-hydrogen) atoms. The van der Waals surface area contributed by atoms with Crippen LogP contribution in [0.5, 0.6) is 0 Å². The average molecular weight is 220 g/mol. The SMILES string of the molecule is O=C1CC(C(=O)O)C(Cc2ccncc2)N1. The Balaban J connectivity index is 2.09. The number of pyridine rings is 1. The number of aliphatic carboxylic acids is 1. The molecule has 0 aromatic carbocycles. The second-order valence-electron chi connectivity index (χ2n) is 3.88. The Labute approximate surface area is 92.5 Å². The van der Waals surface area contributed by atoms with Gasteiger partial charge in [-0.15, -0.1) is 0 Å². The van der Waals surface area contributed by atoms with E-state index in [9.17, 15) is 9.59 Å². The Morgan fingerprint density at radius 2 is 2.19 bits per heavy atom. The Morgan fingerprint density at radius 1 is 1.50 bits per heavy atom. The molecule has 2 atom stereocenters. The number of hydrogen-bond acceptors (Lipinski definition) is 3. The van der Waals surface area contributed by atoms with Crippen molar-refractivity contribution in [3.63, 3.8) is 0 Å². The van der Waals surface area contributed by atoms with Gasteiger partial charge in [-0.2, -0.15) is 0 Å². The number of carboxylic acids is 1. The van der Waals surface area contributed by atoms with Crippen molar-refractivity contribution >= 4 is 11.9 Å². The van der Waals surface area contributed by atoms with Gasteiger partial charge in [0.2, 0.25) is 5.91 Å². The van der Waals surface area contributed by atoms with Gasteiger partial charge in [-0.05, 0) is 24.1 Å². The molecule has 1 amide bonds. The topological polar surface area (TPSA) is 79.3 Å². The van der Waals surface area contributed by atoms with Gasteiger partial charge in [-0.1, -0.05) is 0 Å². The summed E-state index contributed by atoms with van der Waals surface area (Å²) in [7, 11) is 0. The first kappa shape index (κ1) is 10.6. The molecule has 1 aliphatic heterocycles. The Kier molecular flexibility index (Phi) is 2.85. The van der Waals surface area contributed by atoms with Gasteiger partial charge < -0.3 is 10.4 Å². The van der Waals surface area contributed by atoms with Gasteiger partial charge in [0.05, 0.1) is 5.92 Å². The first-order valence-corrected chi connectivity index (χ1v) is 5.08. The fourth-order valence-corrected chi connectivity index (χ4v) is 1.93. The summed E-state index contributed by atoms with van der Waals surface area (Å²) in [5, 5.41) is 11.7. The van der Waals surface area contributed by atoms with Gasteiger partial charge >= 0.3 is 5.97 Å². The number of carbonyl (C=O) groups excluding carboxylic acids is 1. The molecular weight excluding hydrogens is 208 g/mol. The summed E-state index contributed by atoms with van der Waals surface area (Å²) in [5.74, 6) is -1.73. The minimum atomic E-state index is -0.919. The van der Waals surface area contributed by atoms with Crippen LogP contribution >= 0.6 is 0 Å². The maximum absolute atomic E-state index is 11.2. The number of rotatable bonds is 3. The van der Waals surface area contributed by atoms with E-state index < -0.39 is 11.9 Å². The highest BCUT2D eigenvalue weighted by molar-refractivity contribution is 5.86. The molecule has 1 aliphatic rings. The second-order valence-corrected chi connectivity index (χ2v) is 3.88. The van der Waals surface area contributed by atoms with Crippen LogP contribution in [0.3, 0.4) is 0 Å². The maximum Gasteiger partial charge on any atom is 0.309 e. The largest absolute Gasteiger partial charge is 0.481 e. The van der Waals surface area contributed by atoms with Crippen LogP contribution in [0.25, 0.3) is 0 Å². The van der Waals surface area contributed by atoms with E-state index in [2.05, 4.69) is 10.3 Å². The summed E-state index contributed by atoms with van der Waals surface area (Å²) < 4.78 is 0. The van der Waals surface area contributed by atoms with E-state index in [1.165, 1.54) is 0 Å². The minimum absolute atomic E-state index is 0.0745. The lowest BCUT2D eigenvalue weighted by Gasteiger charge is -2.14. The molecule has 1 aromatic heterocycles. The third-order valence-corrected chi connectivity index (χ3v) is 2.76. The first-order chi connectivity index (χ1) is 7.66. The molecule has 2 unspecified atom stereocenters. The normalized spacial score (nSPS) is 24.1. The molecule has 2 rings (SSSR count). The molecule has 5 nitrogen and oxygen atoms in total. The van der Waals surface area contributed by atoms with Crippen LogP contribution in [-0.4, -0.2) is 28.0 Å². The van der Waals surface area contributed by atoms with Gasteiger partial charge in [0.15, 0.2) is 0 Å². The van der Waals surface area contributed by atoms with Gasteiger partial charge in [0.1, 0.15) is 0 Å². The zero-order valence-corrected chi connectivity index (χ0v) is 8.59. The smallest absolute Gasteiger partial charge is 0.309 e. The minimum Gasteiger partial charge on any atom is -0.481 e. The van der Waals surface area contributed by atoms with Crippen molar-refractivity contribution in [1.29, 1.82) is 0 Å². The van der Waals surface area contributed by atoms with E-state index in [-0.39, 0.29) is 18.4 Å². The van der Waals surface area contributed by atoms with Crippen LogP contribution < -0.4 is 5.32 Å². The molecule has 1 saturated heterocycles. The molecular formula is C11H12N2O3. The lowest BCUT2D eigenvalue weighted by Crippen LogP contribution is -2.34. The summed E-state index contributed by atoms with van der Waals surface area (Å²) in [4.78, 5) is 26.0. The Hall–Kier alpha value is -1.91. The molecule has 1 aromatic rings. The summed E-state index contributed by atoms with van der Waals surface area (Å²) in [5.41, 5.74) is 0.980. The number of aromatic nitrogens is 1. The molecule has 2 heterocycles. The van der Waals surface area contributed by atoms with Crippen molar-refractivity contribution in [2.75, 3.05) is 0 Å². The van der Waals surface area contributed by atoms with E-state index in [0.717, 1.165) is 5.56 Å². The summed E-state index contributed by atoms with van der Waals surface area (Å²) in [6, 6.07) is 3.33. The van der Waals surface area contributed by atoms with Crippen LogP contribution in [0.15, 0.2) is 24.5 Å². The monoisotopic (exact) mass is 220 g/mol. The molecule has 2 N–H and O–H groups in total. The van der Waals surface area contributed by atoms with Crippen molar-refractivity contribution in [3.8, 4) is 0 Å². The molecule has 5 heteroatoms. The van der Waals surface area contributed by atoms with Crippen LogP contribution in [0.4, 0.5) is 0 Å². The second kappa shape index (κ2) is 4.30. The Bertz CT molecular complexity index is 405. The standard InChI is InChI=1S/C11H12N2O3/c14-10-6-8(11(15)16)9(13-10)5-7-1-3-12-4-2-7/h1-4,8-9H,5-6H2,(H,13,14)(H,15,16). The van der Waals surface area contributed by atoms with Gasteiger partial charge in [0.25, 0.3) is 0 Å². The fourth-order valence-electron chi connectivity index (χ4n) is 1.93. The van der Waals surface area contributed by atoms with Gasteiger partial charge in [-0.25, -0.2) is 0 Å². The molecule has 0 radical (unpaired) electrons. The summed E-state index contributed by atoms with van der Waals surface area (Å²) in [6.45, 7) is 0. The number of amides is 1. The van der Waals surface area contributed by atoms with Gasteiger partial charge in [-0.3, -0.25) is 14.6 Å². The molecule has 1 fully saturated rings. The molecule has 0 spiro atoms. The molecule has 84 valence electrons. The summed E-state index contributed by atoms with van der Waals surface area (Å²) >= 11 is 0. The van der Waals surface area contributed by atoms with Crippen LogP contribution in [0.1, 0.15) is 12.0 Å². The molecule has 0 bridgehead atoms. The van der Waals surface area contributed by atoms with E-state index in [1.807, 2.05) is 12.1 Å². The third kappa shape index (κ3) is 2.18. The van der Waals surface area contributed by atoms with E-state index in [0.29, 0.717) is 6.42 Å². The van der Waals surface area contributed by atoms with E-state index in [4.69, 9.17) is 5.11 Å². The van der Waals surface area contributed by atoms with Crippen molar-refractivity contribution in [2.24, 2.45) is 5.92 Å². The van der Waals surface area contributed by atoms with Gasteiger partial charge in [0, 0.05) is 24.9 Å². The highest BCUT2D eigenvalue weighted by Gasteiger charge is 2.37. The highest BCUT2D eigenvalue weighted by Crippen LogP contribution is 2.20. The number of carboxylic acid groups (broad SMARTS) is 1. The Morgan fingerprint density at radius 3 is 2.81 bits per heavy atom. The number of hydrogen-bond donors (Lipinski definition) is 2. The number of nitrogens with one attached hydrogen (secondary N) is 1. The number of carbonyl (C=O) groups is 2. The van der Waals surface area contributed by atoms with Crippen LogP contribution in [0, 0.1) is 5.92 Å². The molecule has 0 aliphatic carbocycles. The van der Waals surface area contributed by atoms with E-state index in [1.54, 1.807) is 12.4 Å². The average Bonchev–Trinajstić information content (AvgIpc) is 2.61. The number of nitrogens with zero attached hydrogens (tertiary/aromatic N) is 1. The van der Waals surface area contributed by atoms with Crippen molar-refractivity contribution in [1.82, 2.24) is 10.3 Å². The summed E-state index contributed by atoms with van der Waals surface area (Å²) in [6.07, 6.45) is 3.92. The van der Waals surface area contributed by atoms with Crippen molar-refractivity contribution < 1.29 is 14.7 Å². The quantitative estimate of drug-likeness (QED) is 0.763. The van der Waals surface area contributed by atoms with Crippen molar-refractivity contribution in [3.05, 3.63) is 30.1 Å². The zero-order chi connectivity index (χ0) is 11.5. The maximum atomic E-state index is 11.2. The van der Waals surface area contributed by atoms with Crippen LogP contribution in [-0.2, 0) is 16.0 Å². The first-order valence-electron chi connectivity index (χ1n) is 5.08. The highest BCUT2D eigenvalue weighted by atomic mass is 16.4. The van der Waals surface area contributed by atoms with E-state index >= 15 is 0 Å².